The van der Waals surface area contributed by atoms with Crippen molar-refractivity contribution in [1.82, 2.24) is 10.3 Å². The zero-order valence-corrected chi connectivity index (χ0v) is 11.0. The molecule has 0 aliphatic rings. The van der Waals surface area contributed by atoms with Crippen LogP contribution in [0.15, 0.2) is 6.20 Å². The van der Waals surface area contributed by atoms with Gasteiger partial charge < -0.3 is 11.1 Å². The molecule has 1 rings (SSSR count). The van der Waals surface area contributed by atoms with Crippen molar-refractivity contribution in [3.05, 3.63) is 16.1 Å². The van der Waals surface area contributed by atoms with E-state index in [2.05, 4.69) is 17.2 Å². The summed E-state index contributed by atoms with van der Waals surface area (Å²) in [4.78, 5) is 17.2. The number of nitrogens with zero attached hydrogens (tertiary/aromatic N) is 1. The minimum absolute atomic E-state index is 0.152. The first-order valence-corrected chi connectivity index (χ1v) is 6.27. The summed E-state index contributed by atoms with van der Waals surface area (Å²) in [6, 6.07) is 0. The Kier molecular flexibility index (Phi) is 4.82. The van der Waals surface area contributed by atoms with Crippen molar-refractivity contribution in [2.24, 2.45) is 11.7 Å². The van der Waals surface area contributed by atoms with Crippen molar-refractivity contribution in [1.29, 1.82) is 0 Å². The van der Waals surface area contributed by atoms with Crippen molar-refractivity contribution in [2.45, 2.75) is 26.8 Å². The molecule has 0 fully saturated rings. The Hall–Kier alpha value is -1.01. The Morgan fingerprint density at radius 3 is 2.94 bits per heavy atom. The number of aryl methyl sites for hydroxylation is 1. The van der Waals surface area contributed by atoms with Gasteiger partial charge in [0.25, 0.3) is 0 Å². The Bertz CT molecular complexity index is 389. The van der Waals surface area contributed by atoms with E-state index in [0.717, 1.165) is 11.4 Å². The van der Waals surface area contributed by atoms with Gasteiger partial charge in [0.2, 0.25) is 5.91 Å². The molecule has 88 valence electrons. The van der Waals surface area contributed by atoms with Crippen molar-refractivity contribution < 1.29 is 4.79 Å². The van der Waals surface area contributed by atoms with Crippen LogP contribution in [-0.4, -0.2) is 15.9 Å². The maximum absolute atomic E-state index is 11.5. The second kappa shape index (κ2) is 5.91. The maximum Gasteiger partial charge on any atom is 0.229 e. The Morgan fingerprint density at radius 2 is 2.44 bits per heavy atom. The Balaban J connectivity index is 2.45. The fourth-order valence-electron chi connectivity index (χ4n) is 1.04. The van der Waals surface area contributed by atoms with Crippen LogP contribution in [0.3, 0.4) is 0 Å². The maximum atomic E-state index is 11.5. The molecule has 0 bridgehead atoms. The van der Waals surface area contributed by atoms with E-state index in [9.17, 15) is 4.79 Å². The van der Waals surface area contributed by atoms with Gasteiger partial charge in [-0.1, -0.05) is 19.1 Å². The molecule has 1 aromatic heterocycles. The van der Waals surface area contributed by atoms with E-state index in [-0.39, 0.29) is 10.9 Å². The van der Waals surface area contributed by atoms with Gasteiger partial charge in [-0.05, 0) is 13.3 Å². The number of carbonyl (C=O) groups is 1. The highest BCUT2D eigenvalue weighted by Gasteiger charge is 2.15. The smallest absolute Gasteiger partial charge is 0.229 e. The predicted octanol–water partition coefficient (Wildman–Crippen LogP) is 1.24. The van der Waals surface area contributed by atoms with Gasteiger partial charge in [0.15, 0.2) is 0 Å². The second-order valence-corrected chi connectivity index (χ2v) is 5.09. The van der Waals surface area contributed by atoms with Crippen LogP contribution in [-0.2, 0) is 17.8 Å². The molecule has 1 amide bonds. The summed E-state index contributed by atoms with van der Waals surface area (Å²) in [5.41, 5.74) is 5.39. The van der Waals surface area contributed by atoms with E-state index < -0.39 is 5.92 Å². The molecule has 0 aromatic carbocycles. The molecule has 0 radical (unpaired) electrons. The highest BCUT2D eigenvalue weighted by atomic mass is 32.1. The minimum atomic E-state index is -0.430. The molecule has 16 heavy (non-hydrogen) atoms. The van der Waals surface area contributed by atoms with Gasteiger partial charge in [-0.2, -0.15) is 0 Å². The molecule has 0 aliphatic carbocycles. The average molecular weight is 257 g/mol. The normalized spacial score (nSPS) is 12.1. The predicted molar refractivity (Wildman–Crippen MR) is 69.3 cm³/mol. The molecule has 0 spiro atoms. The topological polar surface area (TPSA) is 68.0 Å². The first kappa shape index (κ1) is 13.1. The van der Waals surface area contributed by atoms with Crippen LogP contribution in [0.5, 0.6) is 0 Å². The quantitative estimate of drug-likeness (QED) is 0.779. The summed E-state index contributed by atoms with van der Waals surface area (Å²) in [6.07, 6.45) is 2.80. The number of aromatic nitrogens is 1. The van der Waals surface area contributed by atoms with Gasteiger partial charge >= 0.3 is 0 Å². The summed E-state index contributed by atoms with van der Waals surface area (Å²) < 4.78 is 0. The van der Waals surface area contributed by atoms with E-state index >= 15 is 0 Å². The summed E-state index contributed by atoms with van der Waals surface area (Å²) in [6.45, 7) is 4.21. The average Bonchev–Trinajstić information content (AvgIpc) is 2.72. The monoisotopic (exact) mass is 257 g/mol. The van der Waals surface area contributed by atoms with Gasteiger partial charge in [0.1, 0.15) is 5.01 Å². The number of nitrogens with two attached hydrogens (primary N) is 1. The van der Waals surface area contributed by atoms with Crippen LogP contribution in [0, 0.1) is 5.92 Å². The lowest BCUT2D eigenvalue weighted by molar-refractivity contribution is -0.122. The van der Waals surface area contributed by atoms with E-state index in [4.69, 9.17) is 18.0 Å². The van der Waals surface area contributed by atoms with Gasteiger partial charge in [-0.15, -0.1) is 11.3 Å². The van der Waals surface area contributed by atoms with Gasteiger partial charge in [-0.25, -0.2) is 4.98 Å². The number of hydrogen-bond acceptors (Lipinski definition) is 4. The molecule has 6 heteroatoms. The van der Waals surface area contributed by atoms with Gasteiger partial charge in [0, 0.05) is 11.1 Å². The molecule has 0 saturated carbocycles. The van der Waals surface area contributed by atoms with E-state index in [1.54, 1.807) is 18.3 Å². The third-order valence-corrected chi connectivity index (χ3v) is 3.68. The molecule has 1 unspecified atom stereocenters. The first-order valence-electron chi connectivity index (χ1n) is 5.05. The second-order valence-electron chi connectivity index (χ2n) is 3.42. The van der Waals surface area contributed by atoms with Crippen molar-refractivity contribution in [3.8, 4) is 0 Å². The molecule has 0 saturated heterocycles. The molecule has 4 nitrogen and oxygen atoms in total. The molecule has 1 heterocycles. The number of amides is 1. The van der Waals surface area contributed by atoms with Gasteiger partial charge in [-0.3, -0.25) is 4.79 Å². The number of thiocarbonyl (C=S) groups is 1. The SMILES string of the molecule is CCc1cnc(CNC(=O)C(C)C(N)=S)s1. The molecular weight excluding hydrogens is 242 g/mol. The summed E-state index contributed by atoms with van der Waals surface area (Å²) in [7, 11) is 0. The van der Waals surface area contributed by atoms with E-state index in [0.29, 0.717) is 6.54 Å². The van der Waals surface area contributed by atoms with Crippen LogP contribution < -0.4 is 11.1 Å². The van der Waals surface area contributed by atoms with Crippen LogP contribution in [0.4, 0.5) is 0 Å². The number of thiazole rings is 1. The van der Waals surface area contributed by atoms with Crippen LogP contribution in [0.1, 0.15) is 23.7 Å². The molecule has 3 N–H and O–H groups in total. The zero-order valence-electron chi connectivity index (χ0n) is 9.32. The minimum Gasteiger partial charge on any atom is -0.393 e. The Labute approximate surface area is 104 Å². The number of hydrogen-bond donors (Lipinski definition) is 2. The van der Waals surface area contributed by atoms with Crippen molar-refractivity contribution in [2.75, 3.05) is 0 Å². The van der Waals surface area contributed by atoms with Crippen molar-refractivity contribution in [3.63, 3.8) is 0 Å². The third-order valence-electron chi connectivity index (χ3n) is 2.18. The van der Waals surface area contributed by atoms with Crippen LogP contribution in [0.2, 0.25) is 0 Å². The van der Waals surface area contributed by atoms with E-state index in [1.165, 1.54) is 4.88 Å². The summed E-state index contributed by atoms with van der Waals surface area (Å²) in [5, 5.41) is 3.66. The fraction of sp³-hybridized carbons (Fsp3) is 0.500. The van der Waals surface area contributed by atoms with Crippen LogP contribution >= 0.6 is 23.6 Å². The molecule has 0 aliphatic heterocycles. The van der Waals surface area contributed by atoms with Gasteiger partial charge in [0.05, 0.1) is 17.5 Å². The number of rotatable bonds is 5. The lowest BCUT2D eigenvalue weighted by Gasteiger charge is -2.08. The fourth-order valence-corrected chi connectivity index (χ4v) is 1.95. The van der Waals surface area contributed by atoms with E-state index in [1.807, 2.05) is 6.20 Å². The number of nitrogens with one attached hydrogen (secondary N) is 1. The Morgan fingerprint density at radius 1 is 1.75 bits per heavy atom. The first-order chi connectivity index (χ1) is 7.54. The third kappa shape index (κ3) is 3.53. The highest BCUT2D eigenvalue weighted by molar-refractivity contribution is 7.80. The van der Waals surface area contributed by atoms with Crippen molar-refractivity contribution >= 4 is 34.5 Å². The lowest BCUT2D eigenvalue weighted by atomic mass is 10.2. The highest BCUT2D eigenvalue weighted by Crippen LogP contribution is 2.12. The summed E-state index contributed by atoms with van der Waals surface area (Å²) in [5.74, 6) is -0.582. The molecule has 1 aromatic rings. The van der Waals surface area contributed by atoms with Crippen LogP contribution in [0.25, 0.3) is 0 Å². The number of carbonyl (C=O) groups excluding carboxylic acids is 1. The molecular formula is C10H15N3OS2. The summed E-state index contributed by atoms with van der Waals surface area (Å²) >= 11 is 6.36. The molecule has 1 atom stereocenters. The standard InChI is InChI=1S/C10H15N3OS2/c1-3-7-4-12-8(16-7)5-13-10(14)6(2)9(11)15/h4,6H,3,5H2,1-2H3,(H2,11,15)(H,13,14). The zero-order chi connectivity index (χ0) is 12.1. The largest absolute Gasteiger partial charge is 0.393 e. The lowest BCUT2D eigenvalue weighted by Crippen LogP contribution is -2.35.